The monoisotopic (exact) mass is 296 g/mol. The van der Waals surface area contributed by atoms with Crippen molar-refractivity contribution in [1.82, 2.24) is 15.2 Å². The van der Waals surface area contributed by atoms with Crippen LogP contribution in [0.15, 0.2) is 30.5 Å². The number of nitrogens with one attached hydrogen (secondary N) is 2. The van der Waals surface area contributed by atoms with Gasteiger partial charge in [0.05, 0.1) is 16.9 Å². The highest BCUT2D eigenvalue weighted by Gasteiger charge is 2.08. The summed E-state index contributed by atoms with van der Waals surface area (Å²) in [7, 11) is 0. The molecular weight excluding hydrogens is 290 g/mol. The molecule has 0 unspecified atom stereocenters. The van der Waals surface area contributed by atoms with Crippen molar-refractivity contribution in [2.75, 3.05) is 5.32 Å². The number of nitrogens with zero attached hydrogens (tertiary/aromatic N) is 2. The maximum absolute atomic E-state index is 13.1. The van der Waals surface area contributed by atoms with Crippen LogP contribution in [0.4, 0.5) is 15.8 Å². The quantitative estimate of drug-likeness (QED) is 0.699. The van der Waals surface area contributed by atoms with Crippen molar-refractivity contribution in [3.8, 4) is 0 Å². The Kier molecular flexibility index (Phi) is 3.00. The fourth-order valence-corrected chi connectivity index (χ4v) is 2.04. The summed E-state index contributed by atoms with van der Waals surface area (Å²) < 4.78 is 13.1. The minimum absolute atomic E-state index is 0.0403. The van der Waals surface area contributed by atoms with Crippen molar-refractivity contribution < 1.29 is 4.39 Å². The Labute approximate surface area is 117 Å². The van der Waals surface area contributed by atoms with Gasteiger partial charge < -0.3 is 5.32 Å². The molecule has 7 heteroatoms. The van der Waals surface area contributed by atoms with Crippen molar-refractivity contribution >= 4 is 45.6 Å². The van der Waals surface area contributed by atoms with Crippen molar-refractivity contribution in [3.63, 3.8) is 0 Å². The molecule has 0 radical (unpaired) electrons. The van der Waals surface area contributed by atoms with Crippen LogP contribution < -0.4 is 5.32 Å². The summed E-state index contributed by atoms with van der Waals surface area (Å²) in [5, 5.41) is 10.8. The van der Waals surface area contributed by atoms with E-state index in [9.17, 15) is 4.39 Å². The lowest BCUT2D eigenvalue weighted by atomic mass is 10.2. The molecule has 2 N–H and O–H groups in total. The lowest BCUT2D eigenvalue weighted by Gasteiger charge is -2.08. The van der Waals surface area contributed by atoms with E-state index >= 15 is 0 Å². The minimum atomic E-state index is -0.471. The van der Waals surface area contributed by atoms with Crippen molar-refractivity contribution in [2.45, 2.75) is 0 Å². The van der Waals surface area contributed by atoms with Crippen molar-refractivity contribution in [1.29, 1.82) is 0 Å². The van der Waals surface area contributed by atoms with E-state index in [-0.39, 0.29) is 10.2 Å². The van der Waals surface area contributed by atoms with Crippen LogP contribution in [0, 0.1) is 5.82 Å². The molecule has 0 aliphatic rings. The molecule has 96 valence electrons. The van der Waals surface area contributed by atoms with E-state index in [0.717, 1.165) is 5.39 Å². The fourth-order valence-electron chi connectivity index (χ4n) is 1.67. The molecule has 0 spiro atoms. The molecule has 2 aromatic heterocycles. The number of hydrogen-bond acceptors (Lipinski definition) is 3. The second kappa shape index (κ2) is 4.68. The van der Waals surface area contributed by atoms with E-state index in [1.807, 2.05) is 0 Å². The average molecular weight is 297 g/mol. The highest BCUT2D eigenvalue weighted by atomic mass is 35.5. The molecule has 0 fully saturated rings. The zero-order valence-electron chi connectivity index (χ0n) is 9.42. The molecule has 0 aliphatic heterocycles. The van der Waals surface area contributed by atoms with Gasteiger partial charge in [-0.25, -0.2) is 9.37 Å². The van der Waals surface area contributed by atoms with Gasteiger partial charge >= 0.3 is 0 Å². The normalized spacial score (nSPS) is 10.9. The number of fused-ring (bicyclic) bond motifs is 1. The van der Waals surface area contributed by atoms with Gasteiger partial charge in [-0.1, -0.05) is 23.2 Å². The first-order valence-corrected chi connectivity index (χ1v) is 6.11. The number of anilines is 2. The average Bonchev–Trinajstić information content (AvgIpc) is 2.81. The Morgan fingerprint density at radius 1 is 1.21 bits per heavy atom. The summed E-state index contributed by atoms with van der Waals surface area (Å²) in [5.74, 6) is -0.471. The molecule has 3 rings (SSSR count). The Balaban J connectivity index is 1.99. The lowest BCUT2D eigenvalue weighted by molar-refractivity contribution is 0.628. The topological polar surface area (TPSA) is 53.6 Å². The first kappa shape index (κ1) is 12.2. The molecule has 2 heterocycles. The van der Waals surface area contributed by atoms with E-state index < -0.39 is 5.82 Å². The number of hydrogen-bond donors (Lipinski definition) is 2. The van der Waals surface area contributed by atoms with Gasteiger partial charge in [0.1, 0.15) is 5.82 Å². The molecule has 0 saturated heterocycles. The first-order chi connectivity index (χ1) is 9.13. The van der Waals surface area contributed by atoms with Crippen molar-refractivity contribution in [2.24, 2.45) is 0 Å². The summed E-state index contributed by atoms with van der Waals surface area (Å²) in [6, 6.07) is 6.12. The Hall–Kier alpha value is -1.85. The Morgan fingerprint density at radius 2 is 2.05 bits per heavy atom. The van der Waals surface area contributed by atoms with E-state index in [4.69, 9.17) is 23.2 Å². The van der Waals surface area contributed by atoms with Crippen LogP contribution in [0.3, 0.4) is 0 Å². The molecule has 19 heavy (non-hydrogen) atoms. The molecular formula is C12H7Cl2FN4. The van der Waals surface area contributed by atoms with E-state index in [0.29, 0.717) is 17.0 Å². The van der Waals surface area contributed by atoms with Crippen LogP contribution in [0.5, 0.6) is 0 Å². The summed E-state index contributed by atoms with van der Waals surface area (Å²) in [4.78, 5) is 4.15. The number of aromatic amines is 1. The first-order valence-electron chi connectivity index (χ1n) is 5.35. The Bertz CT molecular complexity index is 757. The molecule has 0 bridgehead atoms. The number of aromatic nitrogens is 3. The zero-order chi connectivity index (χ0) is 13.4. The van der Waals surface area contributed by atoms with Crippen LogP contribution >= 0.6 is 23.2 Å². The van der Waals surface area contributed by atoms with Crippen LogP contribution in [-0.4, -0.2) is 15.2 Å². The standard InChI is InChI=1S/C12H7Cl2FN4/c13-8-4-7(1-2-9(8)15)17-10-3-6-5-16-19-12(6)18-11(10)14/h1-5,17H,(H,16,18,19). The molecule has 3 aromatic rings. The molecule has 0 saturated carbocycles. The maximum atomic E-state index is 13.1. The smallest absolute Gasteiger partial charge is 0.157 e. The van der Waals surface area contributed by atoms with Crippen LogP contribution in [0.2, 0.25) is 10.2 Å². The second-order valence-corrected chi connectivity index (χ2v) is 4.65. The summed E-state index contributed by atoms with van der Waals surface area (Å²) in [6.45, 7) is 0. The van der Waals surface area contributed by atoms with E-state index in [1.165, 1.54) is 12.1 Å². The van der Waals surface area contributed by atoms with Gasteiger partial charge in [0.2, 0.25) is 0 Å². The van der Waals surface area contributed by atoms with Gasteiger partial charge in [-0.05, 0) is 24.3 Å². The zero-order valence-corrected chi connectivity index (χ0v) is 10.9. The number of H-pyrrole nitrogens is 1. The predicted octanol–water partition coefficient (Wildman–Crippen LogP) is 4.15. The second-order valence-electron chi connectivity index (χ2n) is 3.89. The van der Waals surface area contributed by atoms with Crippen LogP contribution in [-0.2, 0) is 0 Å². The highest BCUT2D eigenvalue weighted by Crippen LogP contribution is 2.28. The van der Waals surface area contributed by atoms with Crippen LogP contribution in [0.1, 0.15) is 0 Å². The van der Waals surface area contributed by atoms with E-state index in [2.05, 4.69) is 20.5 Å². The molecule has 4 nitrogen and oxygen atoms in total. The third kappa shape index (κ3) is 2.34. The van der Waals surface area contributed by atoms with Gasteiger partial charge in [-0.3, -0.25) is 5.10 Å². The fraction of sp³-hybridized carbons (Fsp3) is 0. The third-order valence-electron chi connectivity index (χ3n) is 2.58. The predicted molar refractivity (Wildman–Crippen MR) is 73.6 cm³/mol. The van der Waals surface area contributed by atoms with Gasteiger partial charge in [-0.2, -0.15) is 5.10 Å². The summed E-state index contributed by atoms with van der Waals surface area (Å²) in [5.41, 5.74) is 1.82. The highest BCUT2D eigenvalue weighted by molar-refractivity contribution is 6.32. The van der Waals surface area contributed by atoms with Crippen LogP contribution in [0.25, 0.3) is 11.0 Å². The minimum Gasteiger partial charge on any atom is -0.353 e. The number of benzene rings is 1. The number of halogens is 3. The Morgan fingerprint density at radius 3 is 2.84 bits per heavy atom. The van der Waals surface area contributed by atoms with E-state index in [1.54, 1.807) is 18.3 Å². The number of rotatable bonds is 2. The largest absolute Gasteiger partial charge is 0.353 e. The summed E-state index contributed by atoms with van der Waals surface area (Å²) >= 11 is 11.8. The van der Waals surface area contributed by atoms with Gasteiger partial charge in [-0.15, -0.1) is 0 Å². The third-order valence-corrected chi connectivity index (χ3v) is 3.16. The molecule has 1 aromatic carbocycles. The molecule has 0 amide bonds. The summed E-state index contributed by atoms with van der Waals surface area (Å²) in [6.07, 6.45) is 1.64. The molecule has 0 aliphatic carbocycles. The van der Waals surface area contributed by atoms with Crippen molar-refractivity contribution in [3.05, 3.63) is 46.5 Å². The number of pyridine rings is 1. The van der Waals surface area contributed by atoms with Gasteiger partial charge in [0.15, 0.2) is 10.8 Å². The SMILES string of the molecule is Fc1ccc(Nc2cc3cn[nH]c3nc2Cl)cc1Cl. The molecule has 0 atom stereocenters. The maximum Gasteiger partial charge on any atom is 0.157 e. The van der Waals surface area contributed by atoms with Gasteiger partial charge in [0, 0.05) is 11.1 Å². The van der Waals surface area contributed by atoms with Gasteiger partial charge in [0.25, 0.3) is 0 Å². The lowest BCUT2D eigenvalue weighted by Crippen LogP contribution is -1.94.